The summed E-state index contributed by atoms with van der Waals surface area (Å²) in [6.07, 6.45) is 0. The van der Waals surface area contributed by atoms with E-state index >= 15 is 0 Å². The first-order valence-corrected chi connectivity index (χ1v) is 5.93. The van der Waals surface area contributed by atoms with Crippen molar-refractivity contribution in [3.05, 3.63) is 71.5 Å². The van der Waals surface area contributed by atoms with Gasteiger partial charge in [0.2, 0.25) is 0 Å². The van der Waals surface area contributed by atoms with Gasteiger partial charge in [0.1, 0.15) is 0 Å². The van der Waals surface area contributed by atoms with Crippen LogP contribution < -0.4 is 27.2 Å². The zero-order valence-corrected chi connectivity index (χ0v) is 14.7. The molecule has 0 spiro atoms. The molecule has 0 amide bonds. The average Bonchev–Trinajstić information content (AvgIpc) is 2.83. The summed E-state index contributed by atoms with van der Waals surface area (Å²) >= 11 is 5.06. The number of benzene rings is 2. The molecule has 0 aliphatic carbocycles. The molecule has 4 nitrogen and oxygen atoms in total. The fourth-order valence-electron chi connectivity index (χ4n) is 1.72. The van der Waals surface area contributed by atoms with Crippen molar-refractivity contribution in [2.45, 2.75) is 0 Å². The van der Waals surface area contributed by atoms with Crippen LogP contribution in [-0.2, 0) is 22.4 Å². The van der Waals surface area contributed by atoms with Crippen LogP contribution in [-0.4, -0.2) is 5.11 Å². The SMILES string of the molecule is S=C1[N-]N(c2ccccc2)N(c2ccccc2)[N-]1.[Au+].[Br-]. The summed E-state index contributed by atoms with van der Waals surface area (Å²) in [5.41, 5.74) is 10.3. The molecule has 108 valence electrons. The summed E-state index contributed by atoms with van der Waals surface area (Å²) in [5.74, 6) is 0. The van der Waals surface area contributed by atoms with E-state index in [1.165, 1.54) is 0 Å². The molecule has 3 rings (SSSR count). The van der Waals surface area contributed by atoms with Crippen LogP contribution in [0.1, 0.15) is 0 Å². The molecule has 0 bridgehead atoms. The van der Waals surface area contributed by atoms with Crippen molar-refractivity contribution >= 4 is 28.7 Å². The predicted octanol–water partition coefficient (Wildman–Crippen LogP) is 0.792. The van der Waals surface area contributed by atoms with Gasteiger partial charge in [-0.1, -0.05) is 36.4 Å². The quantitative estimate of drug-likeness (QED) is 0.425. The number of thiocarbonyl (C=S) groups is 1. The Hall–Kier alpha value is -1.05. The van der Waals surface area contributed by atoms with E-state index in [9.17, 15) is 0 Å². The largest absolute Gasteiger partial charge is 1.00 e. The number of halogens is 1. The van der Waals surface area contributed by atoms with Crippen LogP contribution in [0.15, 0.2) is 60.7 Å². The van der Waals surface area contributed by atoms with E-state index in [4.69, 9.17) is 12.2 Å². The molecule has 2 aromatic carbocycles. The van der Waals surface area contributed by atoms with Crippen molar-refractivity contribution in [1.29, 1.82) is 0 Å². The van der Waals surface area contributed by atoms with Crippen LogP contribution in [0.25, 0.3) is 10.9 Å². The normalized spacial score (nSPS) is 12.9. The summed E-state index contributed by atoms with van der Waals surface area (Å²) in [7, 11) is 0. The topological polar surface area (TPSA) is 34.7 Å². The Bertz CT molecular complexity index is 505. The minimum atomic E-state index is 0. The Morgan fingerprint density at radius 1 is 0.700 bits per heavy atom. The maximum absolute atomic E-state index is 5.06. The number of hydrazine groups is 1. The van der Waals surface area contributed by atoms with Crippen LogP contribution >= 0.6 is 12.2 Å². The van der Waals surface area contributed by atoms with Gasteiger partial charge in [0.05, 0.1) is 0 Å². The molecule has 0 radical (unpaired) electrons. The molecule has 1 fully saturated rings. The Morgan fingerprint density at radius 3 is 1.40 bits per heavy atom. The summed E-state index contributed by atoms with van der Waals surface area (Å²) in [5, 5.41) is 3.71. The first kappa shape index (κ1) is 17.0. The van der Waals surface area contributed by atoms with E-state index in [2.05, 4.69) is 10.9 Å². The smallest absolute Gasteiger partial charge is 1.00 e. The first-order chi connectivity index (χ1) is 8.84. The van der Waals surface area contributed by atoms with Crippen LogP contribution in [0.2, 0.25) is 0 Å². The third kappa shape index (κ3) is 3.53. The predicted molar refractivity (Wildman–Crippen MR) is 77.2 cm³/mol. The molecule has 1 aliphatic heterocycles. The minimum absolute atomic E-state index is 0. The molecule has 0 saturated carbocycles. The van der Waals surface area contributed by atoms with Gasteiger partial charge in [0, 0.05) is 11.4 Å². The van der Waals surface area contributed by atoms with Gasteiger partial charge in [-0.25, -0.2) is 0 Å². The summed E-state index contributed by atoms with van der Waals surface area (Å²) in [6, 6.07) is 19.6. The van der Waals surface area contributed by atoms with Gasteiger partial charge in [-0.15, -0.1) is 12.2 Å². The minimum Gasteiger partial charge on any atom is -1.00 e. The van der Waals surface area contributed by atoms with E-state index in [0.717, 1.165) is 11.4 Å². The van der Waals surface area contributed by atoms with Gasteiger partial charge in [-0.05, 0) is 24.3 Å². The van der Waals surface area contributed by atoms with Gasteiger partial charge >= 0.3 is 22.4 Å². The van der Waals surface area contributed by atoms with Crippen LogP contribution in [0, 0.1) is 0 Å². The maximum Gasteiger partial charge on any atom is 1.00 e. The Labute approximate surface area is 149 Å². The number of para-hydroxylation sites is 2. The van der Waals surface area contributed by atoms with E-state index in [0.29, 0.717) is 5.11 Å². The summed E-state index contributed by atoms with van der Waals surface area (Å²) in [4.78, 5) is 0. The van der Waals surface area contributed by atoms with Gasteiger partial charge in [0.15, 0.2) is 0 Å². The second-order valence-corrected chi connectivity index (χ2v) is 4.10. The molecule has 0 N–H and O–H groups in total. The van der Waals surface area contributed by atoms with Gasteiger partial charge in [-0.2, -0.15) is 5.11 Å². The van der Waals surface area contributed by atoms with E-state index in [1.54, 1.807) is 10.2 Å². The third-order valence-electron chi connectivity index (χ3n) is 2.51. The second-order valence-electron chi connectivity index (χ2n) is 3.73. The fourth-order valence-corrected chi connectivity index (χ4v) is 1.88. The zero-order chi connectivity index (χ0) is 12.4. The molecule has 2 aromatic rings. The van der Waals surface area contributed by atoms with E-state index in [-0.39, 0.29) is 39.4 Å². The van der Waals surface area contributed by atoms with Crippen LogP contribution in [0.3, 0.4) is 0 Å². The molecule has 1 saturated heterocycles. The Morgan fingerprint density at radius 2 is 1.05 bits per heavy atom. The monoisotopic (exact) mass is 530 g/mol. The van der Waals surface area contributed by atoms with Crippen molar-refractivity contribution in [2.24, 2.45) is 0 Å². The van der Waals surface area contributed by atoms with Crippen molar-refractivity contribution in [2.75, 3.05) is 10.2 Å². The Balaban J connectivity index is 0.000001000. The average molecular weight is 531 g/mol. The fraction of sp³-hybridized carbons (Fsp3) is 0. The van der Waals surface area contributed by atoms with Crippen molar-refractivity contribution in [3.63, 3.8) is 0 Å². The number of hydrogen-bond acceptors (Lipinski definition) is 3. The molecule has 1 heterocycles. The van der Waals surface area contributed by atoms with Crippen molar-refractivity contribution in [3.8, 4) is 0 Å². The third-order valence-corrected chi connectivity index (χ3v) is 2.68. The molecule has 0 aromatic heterocycles. The number of hydrogen-bond donors (Lipinski definition) is 0. The van der Waals surface area contributed by atoms with E-state index < -0.39 is 0 Å². The van der Waals surface area contributed by atoms with Gasteiger partial charge < -0.3 is 38.1 Å². The van der Waals surface area contributed by atoms with Gasteiger partial charge in [-0.3, -0.25) is 0 Å². The van der Waals surface area contributed by atoms with Crippen LogP contribution in [0.5, 0.6) is 0 Å². The number of rotatable bonds is 2. The molecular formula is C13H10AuBrN4S-2. The number of nitrogens with zero attached hydrogens (tertiary/aromatic N) is 4. The van der Waals surface area contributed by atoms with Crippen molar-refractivity contribution < 1.29 is 39.4 Å². The first-order valence-electron chi connectivity index (χ1n) is 5.52. The summed E-state index contributed by atoms with van der Waals surface area (Å²) in [6.45, 7) is 0. The molecule has 20 heavy (non-hydrogen) atoms. The van der Waals surface area contributed by atoms with Crippen LogP contribution in [0.4, 0.5) is 11.4 Å². The zero-order valence-electron chi connectivity index (χ0n) is 10.2. The molecule has 0 unspecified atom stereocenters. The van der Waals surface area contributed by atoms with Crippen molar-refractivity contribution in [1.82, 2.24) is 0 Å². The van der Waals surface area contributed by atoms with E-state index in [1.807, 2.05) is 60.7 Å². The molecule has 7 heteroatoms. The maximum atomic E-state index is 5.06. The molecule has 0 atom stereocenters. The standard InChI is InChI=1S/C13H11N4S.Au.BrH/c18-13-14-16(11-7-3-1-4-8-11)17(15-13)12-9-5-2-6-10-12;;/h1-10H,(H-,14,15,18);;1H/q-1;+1;/p-2. The molecular weight excluding hydrogens is 521 g/mol. The van der Waals surface area contributed by atoms with Gasteiger partial charge in [0.25, 0.3) is 0 Å². The summed E-state index contributed by atoms with van der Waals surface area (Å²) < 4.78 is 0. The molecule has 1 aliphatic rings. The Kier molecular flexibility index (Phi) is 6.51. The second kappa shape index (κ2) is 7.66. The number of anilines is 2.